The minimum atomic E-state index is -0.132. The molecule has 168 valence electrons. The summed E-state index contributed by atoms with van der Waals surface area (Å²) in [5.41, 5.74) is 2.72. The molecule has 0 aliphatic carbocycles. The molecule has 0 bridgehead atoms. The lowest BCUT2D eigenvalue weighted by Crippen LogP contribution is -2.27. The Morgan fingerprint density at radius 1 is 1.22 bits per heavy atom. The monoisotopic (exact) mass is 470 g/mol. The van der Waals surface area contributed by atoms with Gasteiger partial charge in [0.05, 0.1) is 35.5 Å². The molecule has 0 spiro atoms. The van der Waals surface area contributed by atoms with Crippen molar-refractivity contribution < 1.29 is 4.79 Å². The second kappa shape index (κ2) is 9.85. The minimum Gasteiger partial charge on any atom is -0.319 e. The first kappa shape index (κ1) is 22.5. The molecule has 0 atom stereocenters. The molecule has 0 fully saturated rings. The summed E-state index contributed by atoms with van der Waals surface area (Å²) in [5, 5.41) is 13.7. The first-order valence-electron chi connectivity index (χ1n) is 10.7. The average molecular weight is 471 g/mol. The highest BCUT2D eigenvalue weighted by atomic mass is 35.5. The largest absolute Gasteiger partial charge is 0.319 e. The van der Waals surface area contributed by atoms with Crippen molar-refractivity contribution in [1.82, 2.24) is 24.5 Å². The molecule has 0 aliphatic heterocycles. The summed E-state index contributed by atoms with van der Waals surface area (Å²) in [6, 6.07) is 9.65. The quantitative estimate of drug-likeness (QED) is 0.378. The van der Waals surface area contributed by atoms with Crippen molar-refractivity contribution in [1.29, 1.82) is 0 Å². The van der Waals surface area contributed by atoms with Crippen molar-refractivity contribution in [2.45, 2.75) is 33.9 Å². The molecule has 9 heteroatoms. The van der Waals surface area contributed by atoms with Crippen LogP contribution in [0.25, 0.3) is 10.2 Å². The van der Waals surface area contributed by atoms with Crippen LogP contribution in [0.1, 0.15) is 34.8 Å². The van der Waals surface area contributed by atoms with Gasteiger partial charge in [0.25, 0.3) is 5.91 Å². The Hall–Kier alpha value is -2.68. The lowest BCUT2D eigenvalue weighted by atomic mass is 10.2. The molecule has 7 nitrogen and oxygen atoms in total. The number of fused-ring (bicyclic) bond motifs is 1. The Balaban J connectivity index is 1.46. The molecule has 0 aliphatic rings. The van der Waals surface area contributed by atoms with Crippen molar-refractivity contribution in [3.8, 4) is 0 Å². The van der Waals surface area contributed by atoms with E-state index in [-0.39, 0.29) is 5.91 Å². The average Bonchev–Trinajstić information content (AvgIpc) is 3.48. The van der Waals surface area contributed by atoms with Gasteiger partial charge in [-0.15, -0.1) is 11.3 Å². The summed E-state index contributed by atoms with van der Waals surface area (Å²) < 4.78 is 3.81. The minimum absolute atomic E-state index is 0.132. The van der Waals surface area contributed by atoms with Crippen molar-refractivity contribution in [3.05, 3.63) is 63.9 Å². The SMILES string of the molecule is CCN(CC)CCn1cc(NC(=O)c2cc3c(C)nn(Cc4ccc(Cl)cc4)c3s2)cn1. The lowest BCUT2D eigenvalue weighted by molar-refractivity contribution is 0.103. The number of rotatable bonds is 9. The van der Waals surface area contributed by atoms with Gasteiger partial charge in [-0.2, -0.15) is 10.2 Å². The lowest BCUT2D eigenvalue weighted by Gasteiger charge is -2.17. The molecule has 0 saturated heterocycles. The first-order valence-corrected chi connectivity index (χ1v) is 11.9. The number of aryl methyl sites for hydroxylation is 1. The van der Waals surface area contributed by atoms with Crippen LogP contribution in [-0.4, -0.2) is 50.0 Å². The second-order valence-electron chi connectivity index (χ2n) is 7.67. The summed E-state index contributed by atoms with van der Waals surface area (Å²) in [6.07, 6.45) is 3.57. The van der Waals surface area contributed by atoms with E-state index in [2.05, 4.69) is 34.3 Å². The number of hydrogen-bond donors (Lipinski definition) is 1. The Labute approximate surface area is 196 Å². The van der Waals surface area contributed by atoms with E-state index in [4.69, 9.17) is 11.6 Å². The van der Waals surface area contributed by atoms with Gasteiger partial charge in [-0.3, -0.25) is 14.2 Å². The number of hydrogen-bond acceptors (Lipinski definition) is 5. The fraction of sp³-hybridized carbons (Fsp3) is 0.348. The number of carbonyl (C=O) groups is 1. The van der Waals surface area contributed by atoms with E-state index in [0.29, 0.717) is 22.1 Å². The van der Waals surface area contributed by atoms with Crippen LogP contribution < -0.4 is 5.32 Å². The van der Waals surface area contributed by atoms with Crippen molar-refractivity contribution in [2.24, 2.45) is 0 Å². The van der Waals surface area contributed by atoms with Crippen LogP contribution in [0, 0.1) is 6.92 Å². The zero-order valence-electron chi connectivity index (χ0n) is 18.5. The van der Waals surface area contributed by atoms with Crippen LogP contribution in [-0.2, 0) is 13.1 Å². The first-order chi connectivity index (χ1) is 15.5. The molecule has 1 aromatic carbocycles. The van der Waals surface area contributed by atoms with Crippen LogP contribution in [0.15, 0.2) is 42.7 Å². The normalized spacial score (nSPS) is 11.5. The molecule has 32 heavy (non-hydrogen) atoms. The molecule has 0 unspecified atom stereocenters. The number of nitrogens with zero attached hydrogens (tertiary/aromatic N) is 5. The van der Waals surface area contributed by atoms with Gasteiger partial charge >= 0.3 is 0 Å². The summed E-state index contributed by atoms with van der Waals surface area (Å²) in [5.74, 6) is -0.132. The Kier molecular flexibility index (Phi) is 6.93. The molecule has 0 saturated carbocycles. The molecule has 3 aromatic heterocycles. The number of likely N-dealkylation sites (N-methyl/N-ethyl adjacent to an activating group) is 1. The highest BCUT2D eigenvalue weighted by molar-refractivity contribution is 7.20. The highest BCUT2D eigenvalue weighted by Gasteiger charge is 2.17. The molecular formula is C23H27ClN6OS. The number of aromatic nitrogens is 4. The van der Waals surface area contributed by atoms with Crippen molar-refractivity contribution >= 4 is 44.7 Å². The van der Waals surface area contributed by atoms with E-state index in [0.717, 1.165) is 47.7 Å². The van der Waals surface area contributed by atoms with Crippen LogP contribution in [0.5, 0.6) is 0 Å². The maximum Gasteiger partial charge on any atom is 0.265 e. The Bertz CT molecular complexity index is 1210. The van der Waals surface area contributed by atoms with Gasteiger partial charge in [-0.25, -0.2) is 0 Å². The third kappa shape index (κ3) is 5.03. The maximum atomic E-state index is 12.9. The Morgan fingerprint density at radius 3 is 2.69 bits per heavy atom. The molecule has 4 aromatic rings. The van der Waals surface area contributed by atoms with Gasteiger partial charge in [0, 0.05) is 23.2 Å². The number of thiophene rings is 1. The number of benzene rings is 1. The van der Waals surface area contributed by atoms with Crippen LogP contribution >= 0.6 is 22.9 Å². The fourth-order valence-corrected chi connectivity index (χ4v) is 4.80. The fourth-order valence-electron chi connectivity index (χ4n) is 3.62. The zero-order chi connectivity index (χ0) is 22.7. The van der Waals surface area contributed by atoms with Crippen LogP contribution in [0.4, 0.5) is 5.69 Å². The summed E-state index contributed by atoms with van der Waals surface area (Å²) in [6.45, 7) is 10.7. The van der Waals surface area contributed by atoms with Crippen LogP contribution in [0.2, 0.25) is 5.02 Å². The third-order valence-electron chi connectivity index (χ3n) is 5.51. The van der Waals surface area contributed by atoms with Crippen molar-refractivity contribution in [3.63, 3.8) is 0 Å². The van der Waals surface area contributed by atoms with Gasteiger partial charge in [-0.05, 0) is 43.8 Å². The molecule has 4 rings (SSSR count). The highest BCUT2D eigenvalue weighted by Crippen LogP contribution is 2.29. The summed E-state index contributed by atoms with van der Waals surface area (Å²) >= 11 is 7.44. The number of nitrogens with one attached hydrogen (secondary N) is 1. The number of halogens is 1. The van der Waals surface area contributed by atoms with Gasteiger partial charge < -0.3 is 10.2 Å². The van der Waals surface area contributed by atoms with E-state index in [1.165, 1.54) is 11.3 Å². The molecule has 1 amide bonds. The van der Waals surface area contributed by atoms with Crippen molar-refractivity contribution in [2.75, 3.05) is 25.0 Å². The Morgan fingerprint density at radius 2 is 1.97 bits per heavy atom. The number of carbonyl (C=O) groups excluding carboxylic acids is 1. The zero-order valence-corrected chi connectivity index (χ0v) is 20.1. The van der Waals surface area contributed by atoms with Crippen LogP contribution in [0.3, 0.4) is 0 Å². The van der Waals surface area contributed by atoms with E-state index in [1.54, 1.807) is 6.20 Å². The number of amides is 1. The summed E-state index contributed by atoms with van der Waals surface area (Å²) in [7, 11) is 0. The third-order valence-corrected chi connectivity index (χ3v) is 6.91. The second-order valence-corrected chi connectivity index (χ2v) is 9.14. The standard InChI is InChI=1S/C23H27ClN6OS/c1-4-28(5-2)10-11-29-15-19(13-25-29)26-22(31)21-12-20-16(3)27-30(23(20)32-21)14-17-6-8-18(24)9-7-17/h6-9,12-13,15H,4-5,10-11,14H2,1-3H3,(H,26,31). The maximum absolute atomic E-state index is 12.9. The number of anilines is 1. The smallest absolute Gasteiger partial charge is 0.265 e. The van der Waals surface area contributed by atoms with E-state index in [1.807, 2.05) is 52.8 Å². The topological polar surface area (TPSA) is 68.0 Å². The van der Waals surface area contributed by atoms with Gasteiger partial charge in [0.15, 0.2) is 0 Å². The predicted octanol–water partition coefficient (Wildman–Crippen LogP) is 4.90. The van der Waals surface area contributed by atoms with E-state index >= 15 is 0 Å². The van der Waals surface area contributed by atoms with Gasteiger partial charge in [0.1, 0.15) is 4.83 Å². The summed E-state index contributed by atoms with van der Waals surface area (Å²) in [4.78, 5) is 16.9. The molecular weight excluding hydrogens is 444 g/mol. The molecule has 1 N–H and O–H groups in total. The van der Waals surface area contributed by atoms with E-state index < -0.39 is 0 Å². The van der Waals surface area contributed by atoms with Gasteiger partial charge in [-0.1, -0.05) is 37.6 Å². The van der Waals surface area contributed by atoms with Gasteiger partial charge in [0.2, 0.25) is 0 Å². The van der Waals surface area contributed by atoms with E-state index in [9.17, 15) is 4.79 Å². The molecule has 0 radical (unpaired) electrons. The molecule has 3 heterocycles. The predicted molar refractivity (Wildman–Crippen MR) is 131 cm³/mol.